The Labute approximate surface area is 167 Å². The predicted octanol–water partition coefficient (Wildman–Crippen LogP) is 1.87. The van der Waals surface area contributed by atoms with Crippen LogP contribution in [0.5, 0.6) is 0 Å². The van der Waals surface area contributed by atoms with Gasteiger partial charge in [0.25, 0.3) is 5.69 Å². The Morgan fingerprint density at radius 2 is 1.97 bits per heavy atom. The van der Waals surface area contributed by atoms with Crippen LogP contribution in [-0.4, -0.2) is 61.4 Å². The Morgan fingerprint density at radius 3 is 2.62 bits per heavy atom. The van der Waals surface area contributed by atoms with E-state index in [2.05, 4.69) is 10.1 Å². The number of nitro benzene ring substituents is 1. The number of carbonyl (C=O) groups is 1. The summed E-state index contributed by atoms with van der Waals surface area (Å²) >= 11 is 0. The van der Waals surface area contributed by atoms with Gasteiger partial charge in [0.1, 0.15) is 0 Å². The van der Waals surface area contributed by atoms with Crippen molar-refractivity contribution in [2.75, 3.05) is 37.8 Å². The molecule has 10 nitrogen and oxygen atoms in total. The predicted molar refractivity (Wildman–Crippen MR) is 102 cm³/mol. The Kier molecular flexibility index (Phi) is 5.37. The molecule has 3 aliphatic rings. The van der Waals surface area contributed by atoms with Crippen LogP contribution in [-0.2, 0) is 23.8 Å². The Balaban J connectivity index is 1.37. The fourth-order valence-corrected chi connectivity index (χ4v) is 3.87. The van der Waals surface area contributed by atoms with Crippen LogP contribution in [0.1, 0.15) is 19.8 Å². The highest BCUT2D eigenvalue weighted by molar-refractivity contribution is 6.37. The first-order valence-electron chi connectivity index (χ1n) is 9.69. The fraction of sp³-hybridized carbons (Fsp3) is 0.579. The van der Waals surface area contributed by atoms with Gasteiger partial charge in [-0.2, -0.15) is 0 Å². The van der Waals surface area contributed by atoms with E-state index in [1.54, 1.807) is 19.1 Å². The number of oxime groups is 1. The van der Waals surface area contributed by atoms with E-state index in [1.807, 2.05) is 0 Å². The van der Waals surface area contributed by atoms with Crippen molar-refractivity contribution >= 4 is 23.1 Å². The fourth-order valence-electron chi connectivity index (χ4n) is 3.87. The maximum absolute atomic E-state index is 12.1. The molecule has 1 spiro atoms. The molecule has 2 fully saturated rings. The van der Waals surface area contributed by atoms with E-state index >= 15 is 0 Å². The highest BCUT2D eigenvalue weighted by atomic mass is 16.7. The molecule has 2 atom stereocenters. The lowest BCUT2D eigenvalue weighted by molar-refractivity contribution is -0.384. The summed E-state index contributed by atoms with van der Waals surface area (Å²) in [5.41, 5.74) is 1.25. The van der Waals surface area contributed by atoms with Gasteiger partial charge >= 0.3 is 5.97 Å². The first kappa shape index (κ1) is 19.6. The number of hydrogen-bond acceptors (Lipinski definition) is 9. The van der Waals surface area contributed by atoms with Crippen molar-refractivity contribution in [2.24, 2.45) is 11.1 Å². The van der Waals surface area contributed by atoms with E-state index in [9.17, 15) is 14.9 Å². The van der Waals surface area contributed by atoms with Crippen LogP contribution >= 0.6 is 0 Å². The topological polar surface area (TPSA) is 113 Å². The summed E-state index contributed by atoms with van der Waals surface area (Å²) in [4.78, 5) is 30.0. The molecule has 10 heteroatoms. The molecule has 156 valence electrons. The second-order valence-corrected chi connectivity index (χ2v) is 7.24. The molecule has 3 aliphatic heterocycles. The summed E-state index contributed by atoms with van der Waals surface area (Å²) in [5, 5.41) is 14.7. The van der Waals surface area contributed by atoms with Crippen molar-refractivity contribution in [3.63, 3.8) is 0 Å². The molecular formula is C19H23N3O7. The molecule has 4 rings (SSSR count). The van der Waals surface area contributed by atoms with Gasteiger partial charge in [-0.25, -0.2) is 4.79 Å². The second-order valence-electron chi connectivity index (χ2n) is 7.24. The number of benzene rings is 1. The largest absolute Gasteiger partial charge is 0.461 e. The number of nitro groups is 1. The van der Waals surface area contributed by atoms with Gasteiger partial charge < -0.3 is 23.9 Å². The zero-order valence-electron chi connectivity index (χ0n) is 16.1. The summed E-state index contributed by atoms with van der Waals surface area (Å²) in [5.74, 6) is -1.52. The summed E-state index contributed by atoms with van der Waals surface area (Å²) in [6, 6.07) is 6.52. The highest BCUT2D eigenvalue weighted by Gasteiger charge is 2.47. The van der Waals surface area contributed by atoms with Crippen molar-refractivity contribution in [1.29, 1.82) is 0 Å². The van der Waals surface area contributed by atoms with Crippen LogP contribution in [0.2, 0.25) is 0 Å². The Hall–Kier alpha value is -2.72. The van der Waals surface area contributed by atoms with Crippen molar-refractivity contribution < 1.29 is 28.8 Å². The number of piperidine rings is 1. The monoisotopic (exact) mass is 405 g/mol. The zero-order chi connectivity index (χ0) is 20.4. The smallest absolute Gasteiger partial charge is 0.356 e. The summed E-state index contributed by atoms with van der Waals surface area (Å²) in [6.07, 6.45) is 0.909. The molecular weight excluding hydrogens is 382 g/mol. The average molecular weight is 405 g/mol. The molecule has 0 amide bonds. The zero-order valence-corrected chi connectivity index (χ0v) is 16.1. The highest BCUT2D eigenvalue weighted by Crippen LogP contribution is 2.36. The lowest BCUT2D eigenvalue weighted by Crippen LogP contribution is -2.48. The van der Waals surface area contributed by atoms with E-state index in [-0.39, 0.29) is 43.2 Å². The Morgan fingerprint density at radius 1 is 1.28 bits per heavy atom. The number of rotatable bonds is 4. The lowest BCUT2D eigenvalue weighted by atomic mass is 9.99. The van der Waals surface area contributed by atoms with Gasteiger partial charge in [0.05, 0.1) is 30.7 Å². The normalized spacial score (nSPS) is 25.6. The molecule has 29 heavy (non-hydrogen) atoms. The SMILES string of the molecule is CCOC(=O)C1=NO[C@@H]2COC3(CCN(c4ccc([N+](=O)[O-])cc4)CC3)OC[C@H]12. The number of fused-ring (bicyclic) bond motifs is 1. The van der Waals surface area contributed by atoms with E-state index in [4.69, 9.17) is 19.0 Å². The third-order valence-corrected chi connectivity index (χ3v) is 5.56. The quantitative estimate of drug-likeness (QED) is 0.424. The van der Waals surface area contributed by atoms with Crippen LogP contribution in [0.3, 0.4) is 0 Å². The maximum atomic E-state index is 12.1. The number of ether oxygens (including phenoxy) is 3. The van der Waals surface area contributed by atoms with Gasteiger partial charge in [-0.15, -0.1) is 0 Å². The molecule has 3 heterocycles. The van der Waals surface area contributed by atoms with Crippen molar-refractivity contribution in [3.8, 4) is 0 Å². The molecule has 0 N–H and O–H groups in total. The van der Waals surface area contributed by atoms with E-state index in [0.29, 0.717) is 25.9 Å². The van der Waals surface area contributed by atoms with E-state index in [1.165, 1.54) is 12.1 Å². The third kappa shape index (κ3) is 3.90. The number of anilines is 1. The first-order valence-corrected chi connectivity index (χ1v) is 9.69. The minimum atomic E-state index is -0.731. The molecule has 1 aromatic rings. The minimum absolute atomic E-state index is 0.0725. The first-order chi connectivity index (χ1) is 14.0. The molecule has 0 radical (unpaired) electrons. The van der Waals surface area contributed by atoms with Crippen LogP contribution in [0.15, 0.2) is 29.4 Å². The number of nitrogens with zero attached hydrogens (tertiary/aromatic N) is 3. The van der Waals surface area contributed by atoms with Gasteiger partial charge in [-0.1, -0.05) is 5.16 Å². The molecule has 0 aliphatic carbocycles. The second kappa shape index (κ2) is 7.96. The van der Waals surface area contributed by atoms with Gasteiger partial charge in [-0.05, 0) is 19.1 Å². The van der Waals surface area contributed by atoms with E-state index in [0.717, 1.165) is 5.69 Å². The maximum Gasteiger partial charge on any atom is 0.356 e. The van der Waals surface area contributed by atoms with Gasteiger partial charge in [0.2, 0.25) is 0 Å². The number of carbonyl (C=O) groups excluding carboxylic acids is 1. The molecule has 2 saturated heterocycles. The van der Waals surface area contributed by atoms with Crippen molar-refractivity contribution in [2.45, 2.75) is 31.7 Å². The van der Waals surface area contributed by atoms with Gasteiger partial charge in [0.15, 0.2) is 17.6 Å². The van der Waals surface area contributed by atoms with Crippen LogP contribution in [0.4, 0.5) is 11.4 Å². The number of hydrogen-bond donors (Lipinski definition) is 0. The van der Waals surface area contributed by atoms with Crippen LogP contribution in [0, 0.1) is 16.0 Å². The van der Waals surface area contributed by atoms with Crippen molar-refractivity contribution in [3.05, 3.63) is 34.4 Å². The van der Waals surface area contributed by atoms with Gasteiger partial charge in [0, 0.05) is 43.8 Å². The van der Waals surface area contributed by atoms with Gasteiger partial charge in [-0.3, -0.25) is 10.1 Å². The molecule has 0 unspecified atom stereocenters. The summed E-state index contributed by atoms with van der Waals surface area (Å²) < 4.78 is 17.3. The number of esters is 1. The summed E-state index contributed by atoms with van der Waals surface area (Å²) in [7, 11) is 0. The Bertz CT molecular complexity index is 803. The summed E-state index contributed by atoms with van der Waals surface area (Å²) in [6.45, 7) is 3.95. The molecule has 1 aromatic carbocycles. The molecule has 0 aromatic heterocycles. The third-order valence-electron chi connectivity index (χ3n) is 5.56. The molecule has 0 bridgehead atoms. The molecule has 0 saturated carbocycles. The van der Waals surface area contributed by atoms with Crippen LogP contribution < -0.4 is 4.90 Å². The average Bonchev–Trinajstić information content (AvgIpc) is 3.07. The minimum Gasteiger partial charge on any atom is -0.461 e. The van der Waals surface area contributed by atoms with E-state index < -0.39 is 16.7 Å². The lowest BCUT2D eigenvalue weighted by Gasteiger charge is -2.41. The van der Waals surface area contributed by atoms with Crippen molar-refractivity contribution in [1.82, 2.24) is 0 Å². The van der Waals surface area contributed by atoms with Crippen LogP contribution in [0.25, 0.3) is 0 Å². The number of non-ortho nitro benzene ring substituents is 1. The standard InChI is InChI=1S/C19H23N3O7/c1-2-26-18(23)17-15-11-27-19(28-12-16(15)29-20-17)7-9-21(10-8-19)13-3-5-14(6-4-13)22(24)25/h3-6,15-16H,2,7-12H2,1H3/t15-,16+/m0/s1.